The maximum Gasteiger partial charge on any atom is 0.179 e. The number of aliphatic imine (C=N–C) groups is 1. The first-order chi connectivity index (χ1) is 13.7. The molecule has 2 aliphatic rings. The lowest BCUT2D eigenvalue weighted by Crippen LogP contribution is -2.15. The molecule has 0 bridgehead atoms. The van der Waals surface area contributed by atoms with Crippen molar-refractivity contribution < 1.29 is 4.79 Å². The third kappa shape index (κ3) is 5.60. The highest BCUT2D eigenvalue weighted by atomic mass is 32.2. The molecule has 1 unspecified atom stereocenters. The summed E-state index contributed by atoms with van der Waals surface area (Å²) in [5, 5.41) is 0. The molecule has 1 atom stereocenters. The van der Waals surface area contributed by atoms with Crippen molar-refractivity contribution in [2.24, 2.45) is 4.99 Å². The highest BCUT2D eigenvalue weighted by Gasteiger charge is 2.23. The average Bonchev–Trinajstić information content (AvgIpc) is 2.70. The molecule has 0 saturated carbocycles. The van der Waals surface area contributed by atoms with Crippen LogP contribution in [-0.2, 0) is 21.9 Å². The molecule has 0 amide bonds. The van der Waals surface area contributed by atoms with E-state index in [-0.39, 0.29) is 5.78 Å². The first-order valence-electron chi connectivity index (χ1n) is 10.8. The van der Waals surface area contributed by atoms with Crippen LogP contribution in [0, 0.1) is 4.78 Å². The van der Waals surface area contributed by atoms with Gasteiger partial charge in [-0.2, -0.15) is 0 Å². The molecule has 0 radical (unpaired) electrons. The SMILES string of the molecule is CCCCCCCCCCCCc1ccc2c(c1)N=C1C=CC(=O)C=C1S2=N. The molecule has 1 aliphatic carbocycles. The number of rotatable bonds is 11. The summed E-state index contributed by atoms with van der Waals surface area (Å²) in [6, 6.07) is 6.33. The Morgan fingerprint density at radius 3 is 2.32 bits per heavy atom. The molecule has 1 aliphatic heterocycles. The van der Waals surface area contributed by atoms with Crippen molar-refractivity contribution in [1.29, 1.82) is 4.78 Å². The Bertz CT molecular complexity index is 820. The number of nitrogens with zero attached hydrogens (tertiary/aromatic N) is 1. The van der Waals surface area contributed by atoms with Crippen molar-refractivity contribution >= 4 is 27.9 Å². The van der Waals surface area contributed by atoms with Crippen LogP contribution in [0.3, 0.4) is 0 Å². The topological polar surface area (TPSA) is 53.3 Å². The van der Waals surface area contributed by atoms with Gasteiger partial charge in [0.15, 0.2) is 5.78 Å². The van der Waals surface area contributed by atoms with Crippen LogP contribution in [0.15, 0.2) is 51.2 Å². The molecule has 150 valence electrons. The molecule has 3 nitrogen and oxygen atoms in total. The van der Waals surface area contributed by atoms with Gasteiger partial charge in [0.1, 0.15) is 0 Å². The number of unbranched alkanes of at least 4 members (excludes halogenated alkanes) is 9. The highest BCUT2D eigenvalue weighted by Crippen LogP contribution is 2.35. The summed E-state index contributed by atoms with van der Waals surface area (Å²) >= 11 is 0. The zero-order valence-corrected chi connectivity index (χ0v) is 17.8. The molecule has 1 N–H and O–H groups in total. The molecule has 1 aromatic rings. The van der Waals surface area contributed by atoms with Crippen LogP contribution >= 0.6 is 0 Å². The van der Waals surface area contributed by atoms with Crippen LogP contribution in [0.2, 0.25) is 0 Å². The zero-order valence-electron chi connectivity index (χ0n) is 17.0. The number of aryl methyl sites for hydroxylation is 1. The first-order valence-corrected chi connectivity index (χ1v) is 12.0. The van der Waals surface area contributed by atoms with Gasteiger partial charge in [-0.25, -0.2) is 4.99 Å². The number of hydrogen-bond acceptors (Lipinski definition) is 3. The Morgan fingerprint density at radius 2 is 1.61 bits per heavy atom. The van der Waals surface area contributed by atoms with E-state index in [9.17, 15) is 4.79 Å². The maximum atomic E-state index is 11.6. The average molecular weight is 397 g/mol. The third-order valence-corrected chi connectivity index (χ3v) is 7.01. The summed E-state index contributed by atoms with van der Waals surface area (Å²) in [5.74, 6) is -0.0419. The molecular weight excluding hydrogens is 364 g/mol. The van der Waals surface area contributed by atoms with E-state index in [1.165, 1.54) is 75.8 Å². The Morgan fingerprint density at radius 1 is 0.929 bits per heavy atom. The van der Waals surface area contributed by atoms with Crippen molar-refractivity contribution in [3.63, 3.8) is 0 Å². The van der Waals surface area contributed by atoms with Crippen LogP contribution in [0.1, 0.15) is 76.7 Å². The second-order valence-corrected chi connectivity index (χ2v) is 9.27. The van der Waals surface area contributed by atoms with E-state index in [1.807, 2.05) is 6.07 Å². The molecule has 0 aromatic heterocycles. The van der Waals surface area contributed by atoms with Crippen molar-refractivity contribution in [2.45, 2.75) is 82.4 Å². The number of ketones is 1. The molecule has 3 rings (SSSR count). The Kier molecular flexibility index (Phi) is 7.96. The highest BCUT2D eigenvalue weighted by molar-refractivity contribution is 7.91. The minimum Gasteiger partial charge on any atom is -0.290 e. The van der Waals surface area contributed by atoms with Crippen molar-refractivity contribution in [2.75, 3.05) is 0 Å². The molecule has 4 heteroatoms. The Hall–Kier alpha value is -1.81. The van der Waals surface area contributed by atoms with E-state index in [0.29, 0.717) is 0 Å². The van der Waals surface area contributed by atoms with E-state index in [0.717, 1.165) is 27.6 Å². The van der Waals surface area contributed by atoms with Crippen LogP contribution < -0.4 is 0 Å². The lowest BCUT2D eigenvalue weighted by atomic mass is 10.0. The number of hydrogen-bond donors (Lipinski definition) is 1. The van der Waals surface area contributed by atoms with E-state index in [4.69, 9.17) is 9.77 Å². The second-order valence-electron chi connectivity index (χ2n) is 7.78. The fraction of sp³-hybridized carbons (Fsp3) is 0.500. The molecule has 0 saturated heterocycles. The van der Waals surface area contributed by atoms with Gasteiger partial charge in [0.25, 0.3) is 0 Å². The fourth-order valence-electron chi connectivity index (χ4n) is 3.79. The normalized spacial score (nSPS) is 17.8. The molecule has 1 heterocycles. The van der Waals surface area contributed by atoms with E-state index >= 15 is 0 Å². The standard InChI is InChI=1S/C24H32N2OS/c1-2-3-4-5-6-7-8-9-10-11-12-19-13-16-23-22(17-19)26-21-15-14-20(27)18-24(21)28(23)25/h13-18,25H,2-12H2,1H3. The summed E-state index contributed by atoms with van der Waals surface area (Å²) in [6.07, 6.45) is 19.5. The number of carbonyl (C=O) groups is 1. The van der Waals surface area contributed by atoms with Gasteiger partial charge in [-0.1, -0.05) is 70.8 Å². The van der Waals surface area contributed by atoms with E-state index in [2.05, 4.69) is 19.1 Å². The van der Waals surface area contributed by atoms with Gasteiger partial charge in [-0.15, -0.1) is 0 Å². The summed E-state index contributed by atoms with van der Waals surface area (Å²) < 4.78 is 8.52. The number of nitrogens with one attached hydrogen (secondary N) is 1. The lowest BCUT2D eigenvalue weighted by molar-refractivity contribution is -0.110. The van der Waals surface area contributed by atoms with E-state index < -0.39 is 10.7 Å². The van der Waals surface area contributed by atoms with Gasteiger partial charge in [0.2, 0.25) is 0 Å². The largest absolute Gasteiger partial charge is 0.290 e. The van der Waals surface area contributed by atoms with Gasteiger partial charge < -0.3 is 0 Å². The van der Waals surface area contributed by atoms with Crippen LogP contribution in [0.5, 0.6) is 0 Å². The second kappa shape index (κ2) is 10.7. The minimum absolute atomic E-state index is 0.0419. The summed E-state index contributed by atoms with van der Waals surface area (Å²) in [7, 11) is -0.817. The number of fused-ring (bicyclic) bond motifs is 2. The summed E-state index contributed by atoms with van der Waals surface area (Å²) in [6.45, 7) is 2.27. The smallest absolute Gasteiger partial charge is 0.179 e. The van der Waals surface area contributed by atoms with Gasteiger partial charge in [0, 0.05) is 11.0 Å². The monoisotopic (exact) mass is 396 g/mol. The molecule has 1 aromatic carbocycles. The molecular formula is C24H32N2OS. The van der Waals surface area contributed by atoms with Gasteiger partial charge in [0.05, 0.1) is 16.3 Å². The Labute approximate surface area is 171 Å². The molecule has 28 heavy (non-hydrogen) atoms. The minimum atomic E-state index is -0.817. The molecule has 0 fully saturated rings. The van der Waals surface area contributed by atoms with Gasteiger partial charge >= 0.3 is 0 Å². The van der Waals surface area contributed by atoms with E-state index in [1.54, 1.807) is 12.2 Å². The lowest BCUT2D eigenvalue weighted by Gasteiger charge is -2.21. The number of carbonyl (C=O) groups excluding carboxylic acids is 1. The van der Waals surface area contributed by atoms with Crippen molar-refractivity contribution in [3.8, 4) is 0 Å². The number of allylic oxidation sites excluding steroid dienone is 4. The summed E-state index contributed by atoms with van der Waals surface area (Å²) in [4.78, 5) is 18.0. The fourth-order valence-corrected chi connectivity index (χ4v) is 5.11. The first kappa shape index (κ1) is 20.9. The van der Waals surface area contributed by atoms with Crippen molar-refractivity contribution in [3.05, 3.63) is 46.9 Å². The van der Waals surface area contributed by atoms with Crippen LogP contribution in [0.25, 0.3) is 0 Å². The van der Waals surface area contributed by atoms with Gasteiger partial charge in [-0.3, -0.25) is 9.57 Å². The maximum absolute atomic E-state index is 11.6. The van der Waals surface area contributed by atoms with Crippen LogP contribution in [0.4, 0.5) is 5.69 Å². The summed E-state index contributed by atoms with van der Waals surface area (Å²) in [5.41, 5.74) is 3.00. The third-order valence-electron chi connectivity index (χ3n) is 5.45. The number of benzene rings is 1. The predicted molar refractivity (Wildman–Crippen MR) is 120 cm³/mol. The molecule has 0 spiro atoms. The van der Waals surface area contributed by atoms with Crippen molar-refractivity contribution in [1.82, 2.24) is 0 Å². The van der Waals surface area contributed by atoms with Crippen LogP contribution in [-0.4, -0.2) is 11.5 Å². The Balaban J connectivity index is 1.44. The zero-order chi connectivity index (χ0) is 19.8. The predicted octanol–water partition coefficient (Wildman–Crippen LogP) is 7.00. The quantitative estimate of drug-likeness (QED) is 0.318. The van der Waals surface area contributed by atoms with Gasteiger partial charge in [-0.05, 0) is 53.4 Å².